The number of anilines is 2. The average Bonchev–Trinajstić information content (AvgIpc) is 2.62. The van der Waals surface area contributed by atoms with E-state index in [1.165, 1.54) is 42.5 Å². The van der Waals surface area contributed by atoms with Crippen LogP contribution in [-0.2, 0) is 20.0 Å². The quantitative estimate of drug-likeness (QED) is 0.578. The van der Waals surface area contributed by atoms with Crippen LogP contribution in [0.15, 0.2) is 76.5 Å². The van der Waals surface area contributed by atoms with Gasteiger partial charge in [0.25, 0.3) is 20.0 Å². The lowest BCUT2D eigenvalue weighted by Crippen LogP contribution is -2.16. The van der Waals surface area contributed by atoms with E-state index in [4.69, 9.17) is 11.6 Å². The zero-order valence-corrected chi connectivity index (χ0v) is 16.8. The van der Waals surface area contributed by atoms with Gasteiger partial charge >= 0.3 is 0 Å². The smallest absolute Gasteiger partial charge is 0.262 e. The highest BCUT2D eigenvalue weighted by atomic mass is 35.5. The summed E-state index contributed by atoms with van der Waals surface area (Å²) in [6.07, 6.45) is 0. The molecule has 0 heterocycles. The van der Waals surface area contributed by atoms with E-state index >= 15 is 0 Å². The Balaban J connectivity index is 1.88. The highest BCUT2D eigenvalue weighted by Crippen LogP contribution is 2.23. The van der Waals surface area contributed by atoms with Gasteiger partial charge in [-0.05, 0) is 54.6 Å². The molecule has 3 rings (SSSR count). The predicted octanol–water partition coefficient (Wildman–Crippen LogP) is 4.22. The largest absolute Gasteiger partial charge is 0.280 e. The number of hydrogen-bond acceptors (Lipinski definition) is 4. The maximum Gasteiger partial charge on any atom is 0.262 e. The predicted molar refractivity (Wildman–Crippen MR) is 106 cm³/mol. The van der Waals surface area contributed by atoms with Crippen molar-refractivity contribution in [2.45, 2.75) is 9.79 Å². The zero-order valence-electron chi connectivity index (χ0n) is 14.4. The first-order valence-corrected chi connectivity index (χ1v) is 11.3. The lowest BCUT2D eigenvalue weighted by molar-refractivity contribution is 0.568. The molecule has 0 amide bonds. The summed E-state index contributed by atoms with van der Waals surface area (Å²) in [5.41, 5.74) is 0.157. The van der Waals surface area contributed by atoms with Crippen LogP contribution in [0.1, 0.15) is 0 Å². The number of sulfonamides is 2. The number of benzene rings is 3. The highest BCUT2D eigenvalue weighted by Gasteiger charge is 2.19. The van der Waals surface area contributed by atoms with Crippen LogP contribution in [0.5, 0.6) is 0 Å². The summed E-state index contributed by atoms with van der Waals surface area (Å²) in [6.45, 7) is 0. The van der Waals surface area contributed by atoms with Crippen molar-refractivity contribution < 1.29 is 25.6 Å². The van der Waals surface area contributed by atoms with Gasteiger partial charge < -0.3 is 0 Å². The van der Waals surface area contributed by atoms with Crippen LogP contribution >= 0.6 is 11.6 Å². The van der Waals surface area contributed by atoms with Gasteiger partial charge in [0.15, 0.2) is 0 Å². The van der Waals surface area contributed by atoms with Gasteiger partial charge in [-0.2, -0.15) is 0 Å². The van der Waals surface area contributed by atoms with Crippen molar-refractivity contribution >= 4 is 43.0 Å². The Morgan fingerprint density at radius 1 is 0.655 bits per heavy atom. The summed E-state index contributed by atoms with van der Waals surface area (Å²) in [7, 11) is -8.37. The van der Waals surface area contributed by atoms with E-state index in [-0.39, 0.29) is 16.3 Å². The molecule has 0 aliphatic rings. The molecule has 3 aromatic carbocycles. The Kier molecular flexibility index (Phi) is 5.78. The summed E-state index contributed by atoms with van der Waals surface area (Å²) in [5.74, 6) is -2.12. The summed E-state index contributed by atoms with van der Waals surface area (Å²) in [4.78, 5) is -0.861. The Morgan fingerprint density at radius 3 is 1.83 bits per heavy atom. The third-order valence-electron chi connectivity index (χ3n) is 3.64. The molecule has 0 saturated heterocycles. The van der Waals surface area contributed by atoms with Gasteiger partial charge in [0, 0.05) is 16.8 Å². The van der Waals surface area contributed by atoms with E-state index in [9.17, 15) is 25.6 Å². The molecule has 3 aromatic rings. The third kappa shape index (κ3) is 5.22. The molecule has 0 saturated carbocycles. The highest BCUT2D eigenvalue weighted by molar-refractivity contribution is 7.93. The van der Waals surface area contributed by atoms with Crippen molar-refractivity contribution in [1.29, 1.82) is 0 Å². The molecule has 0 spiro atoms. The number of halogens is 3. The molecule has 0 aliphatic carbocycles. The second-order valence-electron chi connectivity index (χ2n) is 5.85. The van der Waals surface area contributed by atoms with E-state index in [0.29, 0.717) is 23.2 Å². The Labute approximate surface area is 171 Å². The van der Waals surface area contributed by atoms with Crippen LogP contribution in [0.25, 0.3) is 0 Å². The molecule has 6 nitrogen and oxygen atoms in total. The molecular weight excluding hydrogens is 446 g/mol. The van der Waals surface area contributed by atoms with Gasteiger partial charge in [0.2, 0.25) is 0 Å². The molecule has 0 unspecified atom stereocenters. The van der Waals surface area contributed by atoms with E-state index < -0.39 is 36.6 Å². The number of rotatable bonds is 6. The SMILES string of the molecule is O=S(=O)(Nc1cccc(S(=O)(=O)Nc2ccc(Cl)cc2)c1)c1cc(F)cc(F)c1. The molecule has 0 aromatic heterocycles. The van der Waals surface area contributed by atoms with Gasteiger partial charge in [0.1, 0.15) is 11.6 Å². The monoisotopic (exact) mass is 458 g/mol. The maximum absolute atomic E-state index is 13.3. The lowest BCUT2D eigenvalue weighted by atomic mass is 10.3. The first kappa shape index (κ1) is 21.0. The van der Waals surface area contributed by atoms with E-state index in [1.54, 1.807) is 0 Å². The number of hydrogen-bond donors (Lipinski definition) is 2. The normalized spacial score (nSPS) is 11.8. The van der Waals surface area contributed by atoms with Gasteiger partial charge in [-0.25, -0.2) is 25.6 Å². The molecule has 11 heteroatoms. The fraction of sp³-hybridized carbons (Fsp3) is 0. The van der Waals surface area contributed by atoms with Crippen molar-refractivity contribution in [3.63, 3.8) is 0 Å². The molecule has 2 N–H and O–H groups in total. The Bertz CT molecular complexity index is 1250. The number of nitrogens with one attached hydrogen (secondary N) is 2. The van der Waals surface area contributed by atoms with Crippen molar-refractivity contribution in [1.82, 2.24) is 0 Å². The minimum Gasteiger partial charge on any atom is -0.280 e. The first-order valence-electron chi connectivity index (χ1n) is 7.92. The minimum absolute atomic E-state index is 0.103. The van der Waals surface area contributed by atoms with Crippen LogP contribution in [-0.4, -0.2) is 16.8 Å². The Hall–Kier alpha value is -2.69. The summed E-state index contributed by atoms with van der Waals surface area (Å²) in [5, 5.41) is 0.429. The minimum atomic E-state index is -4.34. The summed E-state index contributed by atoms with van der Waals surface area (Å²) in [6, 6.07) is 12.7. The zero-order chi connectivity index (χ0) is 21.2. The van der Waals surface area contributed by atoms with Crippen LogP contribution in [0.3, 0.4) is 0 Å². The average molecular weight is 459 g/mol. The standard InChI is InChI=1S/C18H13ClF2N2O4S2/c19-12-4-6-15(7-5-12)22-28(24,25)17-3-1-2-16(11-17)23-29(26,27)18-9-13(20)8-14(21)10-18/h1-11,22-23H. The second kappa shape index (κ2) is 7.97. The molecule has 29 heavy (non-hydrogen) atoms. The van der Waals surface area contributed by atoms with Crippen molar-refractivity contribution in [3.05, 3.63) is 83.4 Å². The summed E-state index contributed by atoms with van der Waals surface area (Å²) >= 11 is 5.76. The molecule has 152 valence electrons. The van der Waals surface area contributed by atoms with E-state index in [2.05, 4.69) is 9.44 Å². The molecule has 0 bridgehead atoms. The molecule has 0 radical (unpaired) electrons. The fourth-order valence-corrected chi connectivity index (χ4v) is 4.68. The molecule has 0 aliphatic heterocycles. The molecular formula is C18H13ClF2N2O4S2. The first-order chi connectivity index (χ1) is 13.5. The van der Waals surface area contributed by atoms with E-state index in [1.807, 2.05) is 0 Å². The van der Waals surface area contributed by atoms with Crippen LogP contribution in [0.2, 0.25) is 5.02 Å². The van der Waals surface area contributed by atoms with Gasteiger partial charge in [0.05, 0.1) is 15.5 Å². The van der Waals surface area contributed by atoms with Gasteiger partial charge in [-0.1, -0.05) is 17.7 Å². The topological polar surface area (TPSA) is 92.3 Å². The van der Waals surface area contributed by atoms with Crippen molar-refractivity contribution in [3.8, 4) is 0 Å². The fourth-order valence-electron chi connectivity index (χ4n) is 2.36. The van der Waals surface area contributed by atoms with Crippen molar-refractivity contribution in [2.24, 2.45) is 0 Å². The third-order valence-corrected chi connectivity index (χ3v) is 6.63. The summed E-state index contributed by atoms with van der Waals surface area (Å²) < 4.78 is 80.9. The molecule has 0 atom stereocenters. The lowest BCUT2D eigenvalue weighted by Gasteiger charge is -2.11. The van der Waals surface area contributed by atoms with Crippen LogP contribution < -0.4 is 9.44 Å². The Morgan fingerprint density at radius 2 is 1.21 bits per heavy atom. The second-order valence-corrected chi connectivity index (χ2v) is 9.65. The van der Waals surface area contributed by atoms with Gasteiger partial charge in [-0.3, -0.25) is 9.44 Å². The van der Waals surface area contributed by atoms with Crippen LogP contribution in [0, 0.1) is 11.6 Å². The van der Waals surface area contributed by atoms with Crippen LogP contribution in [0.4, 0.5) is 20.2 Å². The molecule has 0 fully saturated rings. The van der Waals surface area contributed by atoms with Gasteiger partial charge in [-0.15, -0.1) is 0 Å². The maximum atomic E-state index is 13.3. The van der Waals surface area contributed by atoms with E-state index in [0.717, 1.165) is 6.07 Å². The van der Waals surface area contributed by atoms with Crippen molar-refractivity contribution in [2.75, 3.05) is 9.44 Å².